The van der Waals surface area contributed by atoms with Gasteiger partial charge < -0.3 is 4.90 Å². The third-order valence-corrected chi connectivity index (χ3v) is 5.48. The minimum absolute atomic E-state index is 0.0327. The molecule has 0 spiro atoms. The highest BCUT2D eigenvalue weighted by molar-refractivity contribution is 7.92. The number of anilines is 1. The van der Waals surface area contributed by atoms with E-state index in [0.29, 0.717) is 11.3 Å². The Hall–Kier alpha value is -2.34. The lowest BCUT2D eigenvalue weighted by atomic mass is 10.1. The minimum Gasteiger partial charge on any atom is -0.339 e. The van der Waals surface area contributed by atoms with Crippen molar-refractivity contribution in [3.63, 3.8) is 0 Å². The summed E-state index contributed by atoms with van der Waals surface area (Å²) in [4.78, 5) is 14.4. The van der Waals surface area contributed by atoms with Crippen molar-refractivity contribution in [1.82, 2.24) is 4.90 Å². The van der Waals surface area contributed by atoms with Crippen LogP contribution in [0.25, 0.3) is 0 Å². The monoisotopic (exact) mass is 344 g/mol. The van der Waals surface area contributed by atoms with E-state index in [9.17, 15) is 13.2 Å². The van der Waals surface area contributed by atoms with Crippen molar-refractivity contribution >= 4 is 21.6 Å². The van der Waals surface area contributed by atoms with Crippen LogP contribution in [0.2, 0.25) is 0 Å². The normalized spacial score (nSPS) is 15.1. The number of para-hydroxylation sites is 1. The number of nitrogens with zero attached hydrogens (tertiary/aromatic N) is 1. The molecular formula is C18H20N2O3S. The summed E-state index contributed by atoms with van der Waals surface area (Å²) >= 11 is 0. The molecule has 1 saturated heterocycles. The van der Waals surface area contributed by atoms with E-state index >= 15 is 0 Å². The van der Waals surface area contributed by atoms with Crippen molar-refractivity contribution in [2.24, 2.45) is 0 Å². The second-order valence-electron chi connectivity index (χ2n) is 5.85. The SMILES string of the molecule is O=C(c1ccc(S(=O)(=O)Nc2ccccc2)cc1)N1CCCCC1. The van der Waals surface area contributed by atoms with Crippen LogP contribution < -0.4 is 4.72 Å². The molecule has 1 N–H and O–H groups in total. The van der Waals surface area contributed by atoms with Crippen molar-refractivity contribution < 1.29 is 13.2 Å². The van der Waals surface area contributed by atoms with Crippen molar-refractivity contribution in [3.8, 4) is 0 Å². The van der Waals surface area contributed by atoms with Gasteiger partial charge in [-0.1, -0.05) is 18.2 Å². The molecule has 0 bridgehead atoms. The van der Waals surface area contributed by atoms with Crippen molar-refractivity contribution in [1.29, 1.82) is 0 Å². The smallest absolute Gasteiger partial charge is 0.261 e. The molecule has 3 rings (SSSR count). The number of carbonyl (C=O) groups excluding carboxylic acids is 1. The number of likely N-dealkylation sites (tertiary alicyclic amines) is 1. The highest BCUT2D eigenvalue weighted by atomic mass is 32.2. The number of sulfonamides is 1. The lowest BCUT2D eigenvalue weighted by Gasteiger charge is -2.26. The first kappa shape index (κ1) is 16.5. The number of hydrogen-bond donors (Lipinski definition) is 1. The lowest BCUT2D eigenvalue weighted by molar-refractivity contribution is 0.0724. The van der Waals surface area contributed by atoms with Gasteiger partial charge in [0.2, 0.25) is 0 Å². The summed E-state index contributed by atoms with van der Waals surface area (Å²) in [5.74, 6) is -0.0327. The molecule has 1 amide bonds. The van der Waals surface area contributed by atoms with E-state index in [1.165, 1.54) is 12.1 Å². The number of piperidine rings is 1. The van der Waals surface area contributed by atoms with Gasteiger partial charge in [0, 0.05) is 24.3 Å². The van der Waals surface area contributed by atoms with E-state index in [1.807, 2.05) is 11.0 Å². The molecule has 1 aliphatic rings. The summed E-state index contributed by atoms with van der Waals surface area (Å²) in [6.45, 7) is 1.54. The molecule has 1 aliphatic heterocycles. The molecule has 2 aromatic rings. The van der Waals surface area contributed by atoms with E-state index < -0.39 is 10.0 Å². The minimum atomic E-state index is -3.66. The molecule has 24 heavy (non-hydrogen) atoms. The topological polar surface area (TPSA) is 66.5 Å². The quantitative estimate of drug-likeness (QED) is 0.927. The molecule has 0 aliphatic carbocycles. The number of rotatable bonds is 4. The van der Waals surface area contributed by atoms with Gasteiger partial charge in [-0.05, 0) is 55.7 Å². The average molecular weight is 344 g/mol. The molecule has 0 unspecified atom stereocenters. The Labute approximate surface area is 142 Å². The zero-order valence-corrected chi connectivity index (χ0v) is 14.1. The molecule has 126 valence electrons. The van der Waals surface area contributed by atoms with Gasteiger partial charge >= 0.3 is 0 Å². The second-order valence-corrected chi connectivity index (χ2v) is 7.53. The van der Waals surface area contributed by atoms with E-state index in [2.05, 4.69) is 4.72 Å². The number of hydrogen-bond acceptors (Lipinski definition) is 3. The highest BCUT2D eigenvalue weighted by Crippen LogP contribution is 2.18. The zero-order valence-electron chi connectivity index (χ0n) is 13.3. The maximum atomic E-state index is 12.4. The Morgan fingerprint density at radius 2 is 1.50 bits per heavy atom. The van der Waals surface area contributed by atoms with Gasteiger partial charge in [-0.2, -0.15) is 0 Å². The Morgan fingerprint density at radius 1 is 0.875 bits per heavy atom. The molecule has 0 radical (unpaired) electrons. The van der Waals surface area contributed by atoms with Crippen LogP contribution in [0, 0.1) is 0 Å². The summed E-state index contributed by atoms with van der Waals surface area (Å²) in [5.41, 5.74) is 1.03. The first-order valence-corrected chi connectivity index (χ1v) is 9.52. The molecule has 2 aromatic carbocycles. The molecule has 1 heterocycles. The first-order valence-electron chi connectivity index (χ1n) is 8.03. The van der Waals surface area contributed by atoms with E-state index in [4.69, 9.17) is 0 Å². The van der Waals surface area contributed by atoms with Crippen LogP contribution in [-0.2, 0) is 10.0 Å². The number of carbonyl (C=O) groups is 1. The predicted molar refractivity (Wildman–Crippen MR) is 93.4 cm³/mol. The van der Waals surface area contributed by atoms with Crippen LogP contribution in [0.1, 0.15) is 29.6 Å². The van der Waals surface area contributed by atoms with E-state index in [-0.39, 0.29) is 10.8 Å². The number of amides is 1. The molecule has 1 fully saturated rings. The Morgan fingerprint density at radius 3 is 2.12 bits per heavy atom. The third-order valence-electron chi connectivity index (χ3n) is 4.08. The fourth-order valence-corrected chi connectivity index (χ4v) is 3.84. The van der Waals surface area contributed by atoms with E-state index in [1.54, 1.807) is 36.4 Å². The zero-order chi connectivity index (χ0) is 17.0. The average Bonchev–Trinajstić information content (AvgIpc) is 2.62. The maximum absolute atomic E-state index is 12.4. The molecular weight excluding hydrogens is 324 g/mol. The standard InChI is InChI=1S/C18H20N2O3S/c21-18(20-13-5-2-6-14-20)15-9-11-17(12-10-15)24(22,23)19-16-7-3-1-4-8-16/h1,3-4,7-12,19H,2,5-6,13-14H2. The maximum Gasteiger partial charge on any atom is 0.261 e. The lowest BCUT2D eigenvalue weighted by Crippen LogP contribution is -2.35. The molecule has 0 atom stereocenters. The fourth-order valence-electron chi connectivity index (χ4n) is 2.78. The van der Waals surface area contributed by atoms with Crippen LogP contribution in [0.15, 0.2) is 59.5 Å². The predicted octanol–water partition coefficient (Wildman–Crippen LogP) is 3.11. The third kappa shape index (κ3) is 3.76. The van der Waals surface area contributed by atoms with Crippen LogP contribution in [0.4, 0.5) is 5.69 Å². The molecule has 6 heteroatoms. The molecule has 5 nitrogen and oxygen atoms in total. The summed E-state index contributed by atoms with van der Waals surface area (Å²) < 4.78 is 27.3. The number of nitrogens with one attached hydrogen (secondary N) is 1. The second kappa shape index (κ2) is 7.05. The first-order chi connectivity index (χ1) is 11.6. The Balaban J connectivity index is 1.75. The van der Waals surface area contributed by atoms with Gasteiger partial charge in [-0.3, -0.25) is 9.52 Å². The van der Waals surface area contributed by atoms with Crippen molar-refractivity contribution in [2.45, 2.75) is 24.2 Å². The largest absolute Gasteiger partial charge is 0.339 e. The van der Waals surface area contributed by atoms with Gasteiger partial charge in [0.1, 0.15) is 0 Å². The summed E-state index contributed by atoms with van der Waals surface area (Å²) in [6, 6.07) is 14.8. The number of benzene rings is 2. The molecule has 0 saturated carbocycles. The van der Waals surface area contributed by atoms with Gasteiger partial charge in [0.05, 0.1) is 4.90 Å². The van der Waals surface area contributed by atoms with Crippen molar-refractivity contribution in [3.05, 3.63) is 60.2 Å². The van der Waals surface area contributed by atoms with Gasteiger partial charge in [0.25, 0.3) is 15.9 Å². The Bertz CT molecular complexity index is 796. The summed E-state index contributed by atoms with van der Waals surface area (Å²) in [6.07, 6.45) is 3.21. The van der Waals surface area contributed by atoms with Gasteiger partial charge in [-0.15, -0.1) is 0 Å². The van der Waals surface area contributed by atoms with Crippen LogP contribution in [0.3, 0.4) is 0 Å². The van der Waals surface area contributed by atoms with Crippen LogP contribution >= 0.6 is 0 Å². The van der Waals surface area contributed by atoms with Gasteiger partial charge in [0.15, 0.2) is 0 Å². The molecule has 0 aromatic heterocycles. The Kier molecular flexibility index (Phi) is 4.85. The van der Waals surface area contributed by atoms with E-state index in [0.717, 1.165) is 32.4 Å². The highest BCUT2D eigenvalue weighted by Gasteiger charge is 2.19. The fraction of sp³-hybridized carbons (Fsp3) is 0.278. The van der Waals surface area contributed by atoms with Crippen LogP contribution in [0.5, 0.6) is 0 Å². The summed E-state index contributed by atoms with van der Waals surface area (Å²) in [7, 11) is -3.66. The van der Waals surface area contributed by atoms with Gasteiger partial charge in [-0.25, -0.2) is 8.42 Å². The van der Waals surface area contributed by atoms with Crippen LogP contribution in [-0.4, -0.2) is 32.3 Å². The van der Waals surface area contributed by atoms with Crippen molar-refractivity contribution in [2.75, 3.05) is 17.8 Å². The summed E-state index contributed by atoms with van der Waals surface area (Å²) in [5, 5.41) is 0.